The summed E-state index contributed by atoms with van der Waals surface area (Å²) < 4.78 is 10.8. The lowest BCUT2D eigenvalue weighted by molar-refractivity contribution is -0.149. The highest BCUT2D eigenvalue weighted by Gasteiger charge is 2.30. The first-order chi connectivity index (χ1) is 9.69. The Kier molecular flexibility index (Phi) is 6.37. The van der Waals surface area contributed by atoms with Crippen LogP contribution in [0.3, 0.4) is 0 Å². The van der Waals surface area contributed by atoms with Crippen molar-refractivity contribution in [3.63, 3.8) is 0 Å². The van der Waals surface area contributed by atoms with Crippen LogP contribution >= 0.6 is 0 Å². The van der Waals surface area contributed by atoms with Crippen LogP contribution in [0.25, 0.3) is 0 Å². The van der Waals surface area contributed by atoms with Crippen molar-refractivity contribution in [2.24, 2.45) is 5.92 Å². The van der Waals surface area contributed by atoms with Gasteiger partial charge < -0.3 is 9.47 Å². The number of hydrogen-bond acceptors (Lipinski definition) is 4. The Hall–Kier alpha value is -1.38. The maximum absolute atomic E-state index is 11.6. The van der Waals surface area contributed by atoms with Gasteiger partial charge in [-0.05, 0) is 13.0 Å². The van der Waals surface area contributed by atoms with Crippen molar-refractivity contribution in [2.75, 3.05) is 6.61 Å². The SMILES string of the molecule is CC(=O)OC[C@H]1O[C@H](C#CC[Si](C)(C)C)C=C[C@@H]1C(C)=O. The van der Waals surface area contributed by atoms with Crippen molar-refractivity contribution in [2.45, 2.75) is 51.7 Å². The van der Waals surface area contributed by atoms with Gasteiger partial charge in [0.15, 0.2) is 0 Å². The lowest BCUT2D eigenvalue weighted by Crippen LogP contribution is -2.38. The van der Waals surface area contributed by atoms with Gasteiger partial charge in [0, 0.05) is 13.0 Å². The minimum atomic E-state index is -1.20. The fraction of sp³-hybridized carbons (Fsp3) is 0.625. The van der Waals surface area contributed by atoms with Gasteiger partial charge in [-0.15, -0.1) is 5.92 Å². The molecule has 116 valence electrons. The fourth-order valence-electron chi connectivity index (χ4n) is 1.90. The molecule has 0 saturated carbocycles. The monoisotopic (exact) mass is 308 g/mol. The third-order valence-electron chi connectivity index (χ3n) is 3.00. The third-order valence-corrected chi connectivity index (χ3v) is 4.24. The summed E-state index contributed by atoms with van der Waals surface area (Å²) in [5.41, 5.74) is 0. The summed E-state index contributed by atoms with van der Waals surface area (Å²) in [6, 6.07) is 0.908. The summed E-state index contributed by atoms with van der Waals surface area (Å²) >= 11 is 0. The van der Waals surface area contributed by atoms with Crippen LogP contribution < -0.4 is 0 Å². The molecule has 1 heterocycles. The molecular formula is C16H24O4Si. The van der Waals surface area contributed by atoms with Crippen LogP contribution in [0.15, 0.2) is 12.2 Å². The number of carbonyl (C=O) groups excluding carboxylic acids is 2. The summed E-state index contributed by atoms with van der Waals surface area (Å²) in [6.45, 7) is 9.71. The van der Waals surface area contributed by atoms with E-state index in [4.69, 9.17) is 9.47 Å². The van der Waals surface area contributed by atoms with Gasteiger partial charge in [-0.3, -0.25) is 9.59 Å². The predicted octanol–water partition coefficient (Wildman–Crippen LogP) is 2.42. The lowest BCUT2D eigenvalue weighted by atomic mass is 9.95. The van der Waals surface area contributed by atoms with E-state index in [9.17, 15) is 9.59 Å². The highest BCUT2D eigenvalue weighted by molar-refractivity contribution is 6.76. The summed E-state index contributed by atoms with van der Waals surface area (Å²) in [6.07, 6.45) is 2.83. The van der Waals surface area contributed by atoms with Crippen LogP contribution in [-0.2, 0) is 19.1 Å². The molecule has 1 aliphatic rings. The normalized spacial score (nSPS) is 24.9. The Labute approximate surface area is 127 Å². The summed E-state index contributed by atoms with van der Waals surface area (Å²) in [4.78, 5) is 22.5. The molecule has 0 bridgehead atoms. The number of ketones is 1. The number of Topliss-reactive ketones (excluding diaryl/α,β-unsaturated/α-hetero) is 1. The van der Waals surface area contributed by atoms with Gasteiger partial charge in [0.05, 0.1) is 14.0 Å². The van der Waals surface area contributed by atoms with Gasteiger partial charge in [-0.2, -0.15) is 0 Å². The van der Waals surface area contributed by atoms with Gasteiger partial charge >= 0.3 is 5.97 Å². The Bertz CT molecular complexity index is 479. The maximum atomic E-state index is 11.6. The highest BCUT2D eigenvalue weighted by Crippen LogP contribution is 2.20. The molecule has 0 unspecified atom stereocenters. The van der Waals surface area contributed by atoms with Crippen LogP contribution in [-0.4, -0.2) is 38.6 Å². The molecule has 4 nitrogen and oxygen atoms in total. The molecule has 0 N–H and O–H groups in total. The summed E-state index contributed by atoms with van der Waals surface area (Å²) in [5, 5.41) is 0. The van der Waals surface area contributed by atoms with Crippen molar-refractivity contribution in [3.05, 3.63) is 12.2 Å². The minimum absolute atomic E-state index is 0.00286. The Morgan fingerprint density at radius 1 is 1.24 bits per heavy atom. The molecular weight excluding hydrogens is 284 g/mol. The van der Waals surface area contributed by atoms with E-state index in [0.29, 0.717) is 0 Å². The molecule has 0 fully saturated rings. The van der Waals surface area contributed by atoms with E-state index in [1.807, 2.05) is 12.2 Å². The van der Waals surface area contributed by atoms with Gasteiger partial charge in [-0.1, -0.05) is 31.6 Å². The van der Waals surface area contributed by atoms with Crippen molar-refractivity contribution in [3.8, 4) is 11.8 Å². The fourth-order valence-corrected chi connectivity index (χ4v) is 2.53. The molecule has 0 radical (unpaired) electrons. The largest absolute Gasteiger partial charge is 0.463 e. The first-order valence-electron chi connectivity index (χ1n) is 7.15. The van der Waals surface area contributed by atoms with E-state index in [0.717, 1.165) is 6.04 Å². The molecule has 0 saturated heterocycles. The Morgan fingerprint density at radius 3 is 2.43 bits per heavy atom. The zero-order valence-electron chi connectivity index (χ0n) is 13.4. The second-order valence-electron chi connectivity index (χ2n) is 6.48. The van der Waals surface area contributed by atoms with E-state index in [-0.39, 0.29) is 30.4 Å². The molecule has 21 heavy (non-hydrogen) atoms. The van der Waals surface area contributed by atoms with E-state index in [1.54, 1.807) is 0 Å². The molecule has 0 spiro atoms. The van der Waals surface area contributed by atoms with E-state index < -0.39 is 14.2 Å². The van der Waals surface area contributed by atoms with Crippen molar-refractivity contribution >= 4 is 19.8 Å². The second kappa shape index (κ2) is 7.58. The van der Waals surface area contributed by atoms with Gasteiger partial charge in [0.25, 0.3) is 0 Å². The average Bonchev–Trinajstić information content (AvgIpc) is 2.34. The molecule has 5 heteroatoms. The topological polar surface area (TPSA) is 52.6 Å². The average molecular weight is 308 g/mol. The van der Waals surface area contributed by atoms with Crippen molar-refractivity contribution in [1.82, 2.24) is 0 Å². The standard InChI is InChI=1S/C16H24O4Si/c1-12(17)15-9-8-14(7-6-10-21(3,4)5)20-16(15)11-19-13(2)18/h8-9,14-16H,10-11H2,1-5H3/t14-,15-,16-/m1/s1. The molecule has 0 aromatic carbocycles. The van der Waals surface area contributed by atoms with Crippen LogP contribution in [0.4, 0.5) is 0 Å². The number of esters is 1. The number of ether oxygens (including phenoxy) is 2. The van der Waals surface area contributed by atoms with Crippen LogP contribution in [0.5, 0.6) is 0 Å². The van der Waals surface area contributed by atoms with Gasteiger partial charge in [0.1, 0.15) is 24.6 Å². The zero-order chi connectivity index (χ0) is 16.0. The summed E-state index contributed by atoms with van der Waals surface area (Å²) in [7, 11) is -1.20. The van der Waals surface area contributed by atoms with E-state index >= 15 is 0 Å². The molecule has 0 amide bonds. The van der Waals surface area contributed by atoms with Crippen LogP contribution in [0.1, 0.15) is 13.8 Å². The molecule has 1 rings (SSSR count). The quantitative estimate of drug-likeness (QED) is 0.346. The Morgan fingerprint density at radius 2 is 1.90 bits per heavy atom. The minimum Gasteiger partial charge on any atom is -0.463 e. The van der Waals surface area contributed by atoms with E-state index in [1.165, 1.54) is 13.8 Å². The predicted molar refractivity (Wildman–Crippen MR) is 84.5 cm³/mol. The molecule has 1 aliphatic heterocycles. The zero-order valence-corrected chi connectivity index (χ0v) is 14.4. The summed E-state index contributed by atoms with van der Waals surface area (Å²) in [5.74, 6) is 5.49. The van der Waals surface area contributed by atoms with E-state index in [2.05, 4.69) is 31.5 Å². The first-order valence-corrected chi connectivity index (χ1v) is 10.9. The van der Waals surface area contributed by atoms with Crippen molar-refractivity contribution < 1.29 is 19.1 Å². The molecule has 0 aromatic rings. The second-order valence-corrected chi connectivity index (χ2v) is 12.0. The number of carbonyl (C=O) groups is 2. The number of hydrogen-bond donors (Lipinski definition) is 0. The maximum Gasteiger partial charge on any atom is 0.302 e. The van der Waals surface area contributed by atoms with Gasteiger partial charge in [0.2, 0.25) is 0 Å². The van der Waals surface area contributed by atoms with Crippen molar-refractivity contribution in [1.29, 1.82) is 0 Å². The molecule has 3 atom stereocenters. The smallest absolute Gasteiger partial charge is 0.302 e. The number of rotatable bonds is 4. The highest BCUT2D eigenvalue weighted by atomic mass is 28.3. The molecule has 0 aromatic heterocycles. The Balaban J connectivity index is 2.72. The molecule has 0 aliphatic carbocycles. The lowest BCUT2D eigenvalue weighted by Gasteiger charge is -2.28. The third kappa shape index (κ3) is 6.74. The van der Waals surface area contributed by atoms with Crippen LogP contribution in [0.2, 0.25) is 25.7 Å². The van der Waals surface area contributed by atoms with Gasteiger partial charge in [-0.25, -0.2) is 0 Å². The van der Waals surface area contributed by atoms with Crippen LogP contribution in [0, 0.1) is 17.8 Å². The first kappa shape index (κ1) is 17.7.